The van der Waals surface area contributed by atoms with Gasteiger partial charge in [-0.05, 0) is 55.3 Å². The number of anilines is 1. The lowest BCUT2D eigenvalue weighted by atomic mass is 10.0. The number of carbonyl (C=O) groups excluding carboxylic acids is 2. The smallest absolute Gasteiger partial charge is 0.339 e. The first kappa shape index (κ1) is 22.9. The average molecular weight is 438 g/mol. The second-order valence-corrected chi connectivity index (χ2v) is 7.50. The minimum atomic E-state index is -0.454. The monoisotopic (exact) mass is 438 g/mol. The number of rotatable bonds is 8. The van der Waals surface area contributed by atoms with Crippen molar-refractivity contribution in [2.75, 3.05) is 33.1 Å². The van der Waals surface area contributed by atoms with Gasteiger partial charge in [-0.1, -0.05) is 0 Å². The van der Waals surface area contributed by atoms with Crippen LogP contribution in [0.3, 0.4) is 0 Å². The van der Waals surface area contributed by atoms with Crippen molar-refractivity contribution in [1.29, 1.82) is 0 Å². The summed E-state index contributed by atoms with van der Waals surface area (Å²) in [5.74, 6) is 0.761. The van der Waals surface area contributed by atoms with Gasteiger partial charge in [0.2, 0.25) is 5.91 Å². The molecular weight excluding hydrogens is 412 g/mol. The summed E-state index contributed by atoms with van der Waals surface area (Å²) in [4.78, 5) is 37.8. The first-order chi connectivity index (χ1) is 15.3. The van der Waals surface area contributed by atoms with E-state index in [0.717, 1.165) is 10.9 Å². The summed E-state index contributed by atoms with van der Waals surface area (Å²) in [5, 5.41) is 3.60. The zero-order chi connectivity index (χ0) is 23.3. The third-order valence-corrected chi connectivity index (χ3v) is 5.10. The second-order valence-electron chi connectivity index (χ2n) is 7.50. The molecule has 0 fully saturated rings. The van der Waals surface area contributed by atoms with E-state index in [1.54, 1.807) is 57.6 Å². The van der Waals surface area contributed by atoms with Gasteiger partial charge in [0.1, 0.15) is 17.1 Å². The molecule has 0 bridgehead atoms. The zero-order valence-corrected chi connectivity index (χ0v) is 18.6. The molecule has 1 N–H and O–H groups in total. The molecule has 0 saturated heterocycles. The van der Waals surface area contributed by atoms with Gasteiger partial charge in [-0.2, -0.15) is 0 Å². The Balaban J connectivity index is 1.61. The molecule has 8 heteroatoms. The maximum absolute atomic E-state index is 12.4. The van der Waals surface area contributed by atoms with Crippen LogP contribution >= 0.6 is 0 Å². The number of amides is 2. The van der Waals surface area contributed by atoms with Crippen molar-refractivity contribution in [3.8, 4) is 11.5 Å². The van der Waals surface area contributed by atoms with Gasteiger partial charge in [-0.3, -0.25) is 9.59 Å². The van der Waals surface area contributed by atoms with Crippen LogP contribution in [-0.2, 0) is 16.0 Å². The summed E-state index contributed by atoms with van der Waals surface area (Å²) in [6, 6.07) is 12.0. The van der Waals surface area contributed by atoms with E-state index in [0.29, 0.717) is 28.3 Å². The first-order valence-electron chi connectivity index (χ1n) is 10.1. The normalized spacial score (nSPS) is 10.6. The summed E-state index contributed by atoms with van der Waals surface area (Å²) in [6.45, 7) is 1.79. The van der Waals surface area contributed by atoms with Crippen LogP contribution in [0.5, 0.6) is 11.5 Å². The number of nitrogens with one attached hydrogen (secondary N) is 1. The standard InChI is InChI=1S/C24H26N2O6/c1-15-19-10-9-18(30-4)13-21(19)32-24(29)20(15)11-12-22(27)25-16-5-7-17(8-6-16)31-14-23(28)26(2)3/h5-10,13H,11-12,14H2,1-4H3,(H,25,27). The first-order valence-corrected chi connectivity index (χ1v) is 10.1. The Labute approximate surface area is 185 Å². The fourth-order valence-electron chi connectivity index (χ4n) is 3.16. The lowest BCUT2D eigenvalue weighted by Gasteiger charge is -2.12. The fraction of sp³-hybridized carbons (Fsp3) is 0.292. The number of hydrogen-bond donors (Lipinski definition) is 1. The number of likely N-dealkylation sites (N-methyl/N-ethyl adjacent to an activating group) is 1. The van der Waals surface area contributed by atoms with Gasteiger partial charge in [0.25, 0.3) is 5.91 Å². The highest BCUT2D eigenvalue weighted by Gasteiger charge is 2.14. The van der Waals surface area contributed by atoms with Crippen LogP contribution in [0, 0.1) is 6.92 Å². The summed E-state index contributed by atoms with van der Waals surface area (Å²) in [5.41, 5.74) is 1.86. The Bertz CT molecular complexity index is 1180. The van der Waals surface area contributed by atoms with Crippen LogP contribution in [0.15, 0.2) is 51.7 Å². The van der Waals surface area contributed by atoms with Crippen molar-refractivity contribution < 1.29 is 23.5 Å². The van der Waals surface area contributed by atoms with E-state index in [1.807, 2.05) is 13.0 Å². The predicted octanol–water partition coefficient (Wildman–Crippen LogP) is 3.15. The van der Waals surface area contributed by atoms with Gasteiger partial charge in [-0.15, -0.1) is 0 Å². The molecule has 2 aromatic carbocycles. The van der Waals surface area contributed by atoms with E-state index < -0.39 is 5.63 Å². The number of aryl methyl sites for hydroxylation is 1. The summed E-state index contributed by atoms with van der Waals surface area (Å²) < 4.78 is 16.0. The molecule has 8 nitrogen and oxygen atoms in total. The van der Waals surface area contributed by atoms with Crippen molar-refractivity contribution in [3.05, 3.63) is 64.0 Å². The van der Waals surface area contributed by atoms with Gasteiger partial charge in [0.15, 0.2) is 6.61 Å². The molecule has 0 aliphatic rings. The van der Waals surface area contributed by atoms with Crippen LogP contribution < -0.4 is 20.4 Å². The molecule has 0 unspecified atom stereocenters. The van der Waals surface area contributed by atoms with Gasteiger partial charge in [-0.25, -0.2) is 4.79 Å². The SMILES string of the molecule is COc1ccc2c(C)c(CCC(=O)Nc3ccc(OCC(=O)N(C)C)cc3)c(=O)oc2c1. The average Bonchev–Trinajstić information content (AvgIpc) is 2.77. The van der Waals surface area contributed by atoms with Gasteiger partial charge >= 0.3 is 5.63 Å². The Hall–Kier alpha value is -3.81. The van der Waals surface area contributed by atoms with E-state index in [4.69, 9.17) is 13.9 Å². The highest BCUT2D eigenvalue weighted by Crippen LogP contribution is 2.24. The number of nitrogens with zero attached hydrogens (tertiary/aromatic N) is 1. The lowest BCUT2D eigenvalue weighted by Crippen LogP contribution is -2.27. The van der Waals surface area contributed by atoms with Crippen molar-refractivity contribution in [3.63, 3.8) is 0 Å². The Kier molecular flexibility index (Phi) is 7.14. The Morgan fingerprint density at radius 1 is 1.06 bits per heavy atom. The topological polar surface area (TPSA) is 98.1 Å². The molecule has 168 valence electrons. The maximum Gasteiger partial charge on any atom is 0.339 e. The number of carbonyl (C=O) groups is 2. The molecule has 3 rings (SSSR count). The van der Waals surface area contributed by atoms with Crippen LogP contribution in [0.2, 0.25) is 0 Å². The van der Waals surface area contributed by atoms with Crippen molar-refractivity contribution >= 4 is 28.5 Å². The minimum Gasteiger partial charge on any atom is -0.497 e. The lowest BCUT2D eigenvalue weighted by molar-refractivity contribution is -0.130. The molecule has 0 radical (unpaired) electrons. The molecule has 0 aliphatic heterocycles. The van der Waals surface area contributed by atoms with E-state index in [-0.39, 0.29) is 31.3 Å². The molecule has 0 atom stereocenters. The summed E-state index contributed by atoms with van der Waals surface area (Å²) >= 11 is 0. The van der Waals surface area contributed by atoms with Crippen molar-refractivity contribution in [2.45, 2.75) is 19.8 Å². The third kappa shape index (κ3) is 5.46. The van der Waals surface area contributed by atoms with E-state index in [1.165, 1.54) is 4.90 Å². The van der Waals surface area contributed by atoms with Gasteiger partial charge < -0.3 is 24.1 Å². The highest BCUT2D eigenvalue weighted by molar-refractivity contribution is 5.91. The quantitative estimate of drug-likeness (QED) is 0.543. The highest BCUT2D eigenvalue weighted by atomic mass is 16.5. The molecule has 1 aromatic heterocycles. The van der Waals surface area contributed by atoms with Crippen LogP contribution in [0.4, 0.5) is 5.69 Å². The predicted molar refractivity (Wildman–Crippen MR) is 121 cm³/mol. The number of hydrogen-bond acceptors (Lipinski definition) is 6. The molecule has 3 aromatic rings. The second kappa shape index (κ2) is 10.00. The number of methoxy groups -OCH3 is 1. The molecule has 0 spiro atoms. The molecular formula is C24H26N2O6. The number of fused-ring (bicyclic) bond motifs is 1. The molecule has 2 amide bonds. The van der Waals surface area contributed by atoms with Crippen LogP contribution in [0.1, 0.15) is 17.5 Å². The Morgan fingerprint density at radius 3 is 2.41 bits per heavy atom. The Morgan fingerprint density at radius 2 is 1.75 bits per heavy atom. The number of ether oxygens (including phenoxy) is 2. The van der Waals surface area contributed by atoms with E-state index >= 15 is 0 Å². The molecule has 32 heavy (non-hydrogen) atoms. The summed E-state index contributed by atoms with van der Waals surface area (Å²) in [6.07, 6.45) is 0.388. The van der Waals surface area contributed by atoms with Crippen molar-refractivity contribution in [1.82, 2.24) is 4.90 Å². The maximum atomic E-state index is 12.4. The van der Waals surface area contributed by atoms with Crippen molar-refractivity contribution in [2.24, 2.45) is 0 Å². The molecule has 0 saturated carbocycles. The molecule has 0 aliphatic carbocycles. The van der Waals surface area contributed by atoms with Gasteiger partial charge in [0, 0.05) is 43.2 Å². The van der Waals surface area contributed by atoms with Gasteiger partial charge in [0.05, 0.1) is 7.11 Å². The third-order valence-electron chi connectivity index (χ3n) is 5.10. The minimum absolute atomic E-state index is 0.0564. The fourth-order valence-corrected chi connectivity index (χ4v) is 3.16. The van der Waals surface area contributed by atoms with Crippen LogP contribution in [0.25, 0.3) is 11.0 Å². The number of benzene rings is 2. The summed E-state index contributed by atoms with van der Waals surface area (Å²) in [7, 11) is 4.86. The molecule has 1 heterocycles. The van der Waals surface area contributed by atoms with Crippen LogP contribution in [-0.4, -0.2) is 44.5 Å². The zero-order valence-electron chi connectivity index (χ0n) is 18.6. The van der Waals surface area contributed by atoms with E-state index in [2.05, 4.69) is 5.32 Å². The van der Waals surface area contributed by atoms with E-state index in [9.17, 15) is 14.4 Å². The largest absolute Gasteiger partial charge is 0.497 e.